The summed E-state index contributed by atoms with van der Waals surface area (Å²) in [4.78, 5) is 32.3. The lowest BCUT2D eigenvalue weighted by Gasteiger charge is -2.41. The molecule has 1 aromatic carbocycles. The number of hydrogen-bond acceptors (Lipinski definition) is 4. The normalized spacial score (nSPS) is 20.4. The number of amides is 2. The molecule has 2 aromatic rings. The van der Waals surface area contributed by atoms with E-state index in [1.165, 1.54) is 6.26 Å². The summed E-state index contributed by atoms with van der Waals surface area (Å²) in [5.74, 6) is 0.100. The summed E-state index contributed by atoms with van der Waals surface area (Å²) in [7, 11) is 0. The van der Waals surface area contributed by atoms with E-state index < -0.39 is 6.04 Å². The number of furan rings is 1. The second-order valence-electron chi connectivity index (χ2n) is 7.16. The molecule has 6 nitrogen and oxygen atoms in total. The molecule has 142 valence electrons. The van der Waals surface area contributed by atoms with Crippen LogP contribution in [0.25, 0.3) is 0 Å². The van der Waals surface area contributed by atoms with Gasteiger partial charge in [-0.25, -0.2) is 0 Å². The summed E-state index contributed by atoms with van der Waals surface area (Å²) in [6.07, 6.45) is 2.04. The molecule has 27 heavy (non-hydrogen) atoms. The molecule has 2 aliphatic heterocycles. The molecule has 1 atom stereocenters. The smallest absolute Gasteiger partial charge is 0.290 e. The van der Waals surface area contributed by atoms with Gasteiger partial charge in [-0.3, -0.25) is 9.59 Å². The molecule has 0 radical (unpaired) electrons. The fraction of sp³-hybridized carbons (Fsp3) is 0.429. The van der Waals surface area contributed by atoms with E-state index in [-0.39, 0.29) is 17.6 Å². The van der Waals surface area contributed by atoms with Gasteiger partial charge in [0, 0.05) is 39.1 Å². The average molecular weight is 367 g/mol. The minimum absolute atomic E-state index is 0.0418. The van der Waals surface area contributed by atoms with Crippen LogP contribution >= 0.6 is 0 Å². The summed E-state index contributed by atoms with van der Waals surface area (Å²) in [5, 5.41) is 0. The monoisotopic (exact) mass is 367 g/mol. The van der Waals surface area contributed by atoms with Crippen molar-refractivity contribution in [3.05, 3.63) is 59.5 Å². The van der Waals surface area contributed by atoms with Crippen LogP contribution in [-0.4, -0.2) is 65.3 Å². The van der Waals surface area contributed by atoms with Crippen LogP contribution in [-0.2, 0) is 17.8 Å². The van der Waals surface area contributed by atoms with Gasteiger partial charge < -0.3 is 19.1 Å². The molecule has 0 bridgehead atoms. The third-order valence-corrected chi connectivity index (χ3v) is 5.66. The largest absolute Gasteiger partial charge is 0.459 e. The Bertz CT molecular complexity index is 810. The highest BCUT2D eigenvalue weighted by molar-refractivity contribution is 5.96. The summed E-state index contributed by atoms with van der Waals surface area (Å²) in [6.45, 7) is 6.78. The summed E-state index contributed by atoms with van der Waals surface area (Å²) in [5.41, 5.74) is 2.24. The maximum absolute atomic E-state index is 13.3. The molecule has 0 saturated carbocycles. The Labute approximate surface area is 159 Å². The van der Waals surface area contributed by atoms with Gasteiger partial charge in [0.15, 0.2) is 5.76 Å². The van der Waals surface area contributed by atoms with Crippen molar-refractivity contribution in [2.24, 2.45) is 0 Å². The number of carbonyl (C=O) groups is 2. The second-order valence-corrected chi connectivity index (χ2v) is 7.16. The van der Waals surface area contributed by atoms with Crippen LogP contribution in [0.15, 0.2) is 47.1 Å². The summed E-state index contributed by atoms with van der Waals surface area (Å²) >= 11 is 0. The van der Waals surface area contributed by atoms with Crippen molar-refractivity contribution in [2.45, 2.75) is 25.9 Å². The molecular weight excluding hydrogens is 342 g/mol. The number of likely N-dealkylation sites (N-methyl/N-ethyl adjacent to an activating group) is 1. The Morgan fingerprint density at radius 3 is 2.44 bits per heavy atom. The molecule has 2 aliphatic rings. The van der Waals surface area contributed by atoms with Crippen molar-refractivity contribution in [1.82, 2.24) is 14.7 Å². The SMILES string of the molecule is CCN1CCN(C(=O)C2Cc3ccccc3CN2C(=O)c2ccco2)CC1. The first-order chi connectivity index (χ1) is 13.2. The van der Waals surface area contributed by atoms with Crippen molar-refractivity contribution in [1.29, 1.82) is 0 Å². The van der Waals surface area contributed by atoms with Gasteiger partial charge in [0.05, 0.1) is 6.26 Å². The highest BCUT2D eigenvalue weighted by Gasteiger charge is 2.38. The Hall–Kier alpha value is -2.60. The van der Waals surface area contributed by atoms with E-state index in [0.29, 0.717) is 26.1 Å². The fourth-order valence-corrected chi connectivity index (χ4v) is 3.99. The summed E-state index contributed by atoms with van der Waals surface area (Å²) in [6, 6.07) is 10.9. The van der Waals surface area contributed by atoms with Crippen LogP contribution in [0.4, 0.5) is 0 Å². The minimum atomic E-state index is -0.481. The van der Waals surface area contributed by atoms with Crippen LogP contribution in [0.2, 0.25) is 0 Å². The van der Waals surface area contributed by atoms with Gasteiger partial charge in [-0.1, -0.05) is 31.2 Å². The van der Waals surface area contributed by atoms with Crippen LogP contribution in [0.1, 0.15) is 28.6 Å². The molecular formula is C21H25N3O3. The zero-order valence-corrected chi connectivity index (χ0v) is 15.6. The Morgan fingerprint density at radius 1 is 1.04 bits per heavy atom. The fourth-order valence-electron chi connectivity index (χ4n) is 3.99. The molecule has 3 heterocycles. The molecule has 0 spiro atoms. The van der Waals surface area contributed by atoms with E-state index in [1.807, 2.05) is 23.1 Å². The Balaban J connectivity index is 1.59. The van der Waals surface area contributed by atoms with Crippen LogP contribution in [0.3, 0.4) is 0 Å². The van der Waals surface area contributed by atoms with Crippen molar-refractivity contribution >= 4 is 11.8 Å². The van der Waals surface area contributed by atoms with Gasteiger partial charge in [-0.2, -0.15) is 0 Å². The molecule has 1 unspecified atom stereocenters. The highest BCUT2D eigenvalue weighted by Crippen LogP contribution is 2.26. The quantitative estimate of drug-likeness (QED) is 0.833. The topological polar surface area (TPSA) is 57.0 Å². The molecule has 2 amide bonds. The molecule has 6 heteroatoms. The van der Waals surface area contributed by atoms with Gasteiger partial charge in [-0.15, -0.1) is 0 Å². The molecule has 1 saturated heterocycles. The van der Waals surface area contributed by atoms with Crippen LogP contribution in [0, 0.1) is 0 Å². The van der Waals surface area contributed by atoms with E-state index >= 15 is 0 Å². The van der Waals surface area contributed by atoms with E-state index in [2.05, 4.69) is 17.9 Å². The van der Waals surface area contributed by atoms with Gasteiger partial charge in [0.25, 0.3) is 5.91 Å². The Kier molecular flexibility index (Phi) is 4.99. The van der Waals surface area contributed by atoms with Crippen LogP contribution in [0.5, 0.6) is 0 Å². The van der Waals surface area contributed by atoms with Crippen molar-refractivity contribution in [3.8, 4) is 0 Å². The molecule has 1 fully saturated rings. The lowest BCUT2D eigenvalue weighted by Crippen LogP contribution is -2.57. The average Bonchev–Trinajstić information content (AvgIpc) is 3.26. The third-order valence-electron chi connectivity index (χ3n) is 5.66. The Morgan fingerprint density at radius 2 is 1.78 bits per heavy atom. The molecule has 1 aromatic heterocycles. The van der Waals surface area contributed by atoms with E-state index in [0.717, 1.165) is 30.8 Å². The predicted octanol–water partition coefficient (Wildman–Crippen LogP) is 2.01. The maximum atomic E-state index is 13.3. The number of piperazine rings is 1. The van der Waals surface area contributed by atoms with Crippen molar-refractivity contribution < 1.29 is 14.0 Å². The number of hydrogen-bond donors (Lipinski definition) is 0. The number of fused-ring (bicyclic) bond motifs is 1. The van der Waals surface area contributed by atoms with E-state index in [9.17, 15) is 9.59 Å². The number of benzene rings is 1. The van der Waals surface area contributed by atoms with Gasteiger partial charge in [-0.05, 0) is 29.8 Å². The first kappa shape index (κ1) is 17.8. The highest BCUT2D eigenvalue weighted by atomic mass is 16.3. The molecule has 4 rings (SSSR count). The third kappa shape index (κ3) is 3.49. The van der Waals surface area contributed by atoms with Crippen LogP contribution < -0.4 is 0 Å². The van der Waals surface area contributed by atoms with E-state index in [4.69, 9.17) is 4.42 Å². The lowest BCUT2D eigenvalue weighted by atomic mass is 9.92. The number of rotatable bonds is 3. The summed E-state index contributed by atoms with van der Waals surface area (Å²) < 4.78 is 5.32. The van der Waals surface area contributed by atoms with Crippen molar-refractivity contribution in [2.75, 3.05) is 32.7 Å². The first-order valence-corrected chi connectivity index (χ1v) is 9.59. The van der Waals surface area contributed by atoms with E-state index in [1.54, 1.807) is 17.0 Å². The predicted molar refractivity (Wildman–Crippen MR) is 101 cm³/mol. The number of carbonyl (C=O) groups excluding carboxylic acids is 2. The van der Waals surface area contributed by atoms with Gasteiger partial charge in [0.2, 0.25) is 5.91 Å². The maximum Gasteiger partial charge on any atom is 0.290 e. The molecule has 0 N–H and O–H groups in total. The van der Waals surface area contributed by atoms with Gasteiger partial charge in [0.1, 0.15) is 6.04 Å². The number of nitrogens with zero attached hydrogens (tertiary/aromatic N) is 3. The standard InChI is InChI=1S/C21H25N3O3/c1-2-22-9-11-23(12-10-22)20(25)18-14-16-6-3-4-7-17(16)15-24(18)21(26)19-8-5-13-27-19/h3-8,13,18H,2,9-12,14-15H2,1H3. The first-order valence-electron chi connectivity index (χ1n) is 9.59. The van der Waals surface area contributed by atoms with Crippen molar-refractivity contribution in [3.63, 3.8) is 0 Å². The molecule has 0 aliphatic carbocycles. The lowest BCUT2D eigenvalue weighted by molar-refractivity contribution is -0.138. The zero-order chi connectivity index (χ0) is 18.8. The van der Waals surface area contributed by atoms with Gasteiger partial charge >= 0.3 is 0 Å². The zero-order valence-electron chi connectivity index (χ0n) is 15.6. The second kappa shape index (κ2) is 7.56. The minimum Gasteiger partial charge on any atom is -0.459 e.